The van der Waals surface area contributed by atoms with E-state index in [1.807, 2.05) is 4.68 Å². The van der Waals surface area contributed by atoms with E-state index in [2.05, 4.69) is 70.3 Å². The van der Waals surface area contributed by atoms with Crippen LogP contribution in [0.25, 0.3) is 5.69 Å². The van der Waals surface area contributed by atoms with Gasteiger partial charge in [0.05, 0.1) is 5.69 Å². The van der Waals surface area contributed by atoms with Crippen LogP contribution in [0.15, 0.2) is 22.7 Å². The third-order valence-corrected chi connectivity index (χ3v) is 3.81. The van der Waals surface area contributed by atoms with Gasteiger partial charge < -0.3 is 5.32 Å². The molecule has 1 aromatic heterocycles. The number of hydrogen-bond donors (Lipinski definition) is 1. The summed E-state index contributed by atoms with van der Waals surface area (Å²) < 4.78 is 3.00. The summed E-state index contributed by atoms with van der Waals surface area (Å²) in [6.07, 6.45) is 1.73. The first kappa shape index (κ1) is 15.2. The number of rotatable bonds is 6. The van der Waals surface area contributed by atoms with E-state index in [0.29, 0.717) is 0 Å². The Kier molecular flexibility index (Phi) is 5.31. The Hall–Kier alpha value is -1.20. The number of aromatic nitrogens is 3. The lowest BCUT2D eigenvalue weighted by molar-refractivity contribution is 0.725. The summed E-state index contributed by atoms with van der Waals surface area (Å²) in [5, 5.41) is 7.91. The van der Waals surface area contributed by atoms with Gasteiger partial charge in [-0.25, -0.2) is 9.67 Å². The van der Waals surface area contributed by atoms with E-state index in [-0.39, 0.29) is 0 Å². The maximum atomic E-state index is 4.58. The molecule has 0 spiro atoms. The molecule has 2 rings (SSSR count). The molecule has 0 saturated carbocycles. The van der Waals surface area contributed by atoms with Gasteiger partial charge in [-0.1, -0.05) is 26.8 Å². The van der Waals surface area contributed by atoms with Crippen LogP contribution in [0.1, 0.15) is 38.0 Å². The van der Waals surface area contributed by atoms with E-state index < -0.39 is 0 Å². The van der Waals surface area contributed by atoms with Crippen LogP contribution >= 0.6 is 15.9 Å². The lowest BCUT2D eigenvalue weighted by atomic mass is 10.2. The number of aryl methyl sites for hydroxylation is 2. The Morgan fingerprint density at radius 1 is 1.20 bits per heavy atom. The maximum Gasteiger partial charge on any atom is 0.151 e. The molecule has 1 heterocycles. The summed E-state index contributed by atoms with van der Waals surface area (Å²) in [7, 11) is 0. The number of benzene rings is 1. The number of nitrogens with one attached hydrogen (secondary N) is 1. The minimum Gasteiger partial charge on any atom is -0.313 e. The van der Waals surface area contributed by atoms with Crippen LogP contribution in [0, 0.1) is 0 Å². The van der Waals surface area contributed by atoms with E-state index in [1.54, 1.807) is 0 Å². The Labute approximate surface area is 128 Å². The molecular formula is C15H21BrN4. The van der Waals surface area contributed by atoms with E-state index >= 15 is 0 Å². The van der Waals surface area contributed by atoms with Crippen molar-refractivity contribution in [1.29, 1.82) is 0 Å². The third kappa shape index (κ3) is 3.27. The molecular weight excluding hydrogens is 316 g/mol. The highest BCUT2D eigenvalue weighted by molar-refractivity contribution is 9.10. The first-order chi connectivity index (χ1) is 9.69. The second-order valence-corrected chi connectivity index (χ2v) is 5.48. The molecule has 0 radical (unpaired) electrons. The molecule has 0 amide bonds. The van der Waals surface area contributed by atoms with E-state index in [0.717, 1.165) is 47.7 Å². The van der Waals surface area contributed by atoms with Gasteiger partial charge in [-0.15, -0.1) is 0 Å². The van der Waals surface area contributed by atoms with Gasteiger partial charge in [-0.05, 0) is 40.2 Å². The lowest BCUT2D eigenvalue weighted by Crippen LogP contribution is -2.12. The van der Waals surface area contributed by atoms with E-state index in [1.165, 1.54) is 5.56 Å². The Bertz CT molecular complexity index is 577. The van der Waals surface area contributed by atoms with Crippen molar-refractivity contribution in [2.75, 3.05) is 6.54 Å². The number of nitrogens with zero attached hydrogens (tertiary/aromatic N) is 3. The van der Waals surface area contributed by atoms with Crippen molar-refractivity contribution in [3.8, 4) is 5.69 Å². The van der Waals surface area contributed by atoms with Gasteiger partial charge in [0.15, 0.2) is 5.82 Å². The predicted octanol–water partition coefficient (Wildman–Crippen LogP) is 3.26. The average Bonchev–Trinajstić information content (AvgIpc) is 2.88. The van der Waals surface area contributed by atoms with Crippen LogP contribution in [0.2, 0.25) is 0 Å². The zero-order chi connectivity index (χ0) is 14.5. The first-order valence-electron chi connectivity index (χ1n) is 7.13. The van der Waals surface area contributed by atoms with Gasteiger partial charge in [0.1, 0.15) is 5.82 Å². The summed E-state index contributed by atoms with van der Waals surface area (Å²) >= 11 is 3.65. The van der Waals surface area contributed by atoms with Crippen molar-refractivity contribution >= 4 is 15.9 Å². The van der Waals surface area contributed by atoms with Crippen molar-refractivity contribution in [3.05, 3.63) is 39.9 Å². The van der Waals surface area contributed by atoms with Crippen LogP contribution in [-0.2, 0) is 19.4 Å². The van der Waals surface area contributed by atoms with Crippen LogP contribution in [0.3, 0.4) is 0 Å². The molecule has 20 heavy (non-hydrogen) atoms. The highest BCUT2D eigenvalue weighted by Gasteiger charge is 2.12. The molecule has 0 aliphatic carbocycles. The smallest absolute Gasteiger partial charge is 0.151 e. The fraction of sp³-hybridized carbons (Fsp3) is 0.467. The maximum absolute atomic E-state index is 4.58. The third-order valence-electron chi connectivity index (χ3n) is 3.17. The van der Waals surface area contributed by atoms with Crippen LogP contribution in [0.5, 0.6) is 0 Å². The van der Waals surface area contributed by atoms with Crippen LogP contribution in [0.4, 0.5) is 0 Å². The number of halogens is 1. The monoisotopic (exact) mass is 336 g/mol. The Morgan fingerprint density at radius 3 is 2.60 bits per heavy atom. The van der Waals surface area contributed by atoms with E-state index in [4.69, 9.17) is 0 Å². The van der Waals surface area contributed by atoms with Gasteiger partial charge in [0.2, 0.25) is 0 Å². The Balaban J connectivity index is 2.35. The lowest BCUT2D eigenvalue weighted by Gasteiger charge is -2.09. The normalized spacial score (nSPS) is 11.0. The molecule has 0 fully saturated rings. The summed E-state index contributed by atoms with van der Waals surface area (Å²) in [6, 6.07) is 6.38. The van der Waals surface area contributed by atoms with E-state index in [9.17, 15) is 0 Å². The Morgan fingerprint density at radius 2 is 2.00 bits per heavy atom. The standard InChI is InChI=1S/C15H21BrN4/c1-4-14-18-15(5-2)20(19-14)13-8-7-11(9-12(13)16)10-17-6-3/h7-9,17H,4-6,10H2,1-3H3. The molecule has 1 N–H and O–H groups in total. The van der Waals surface area contributed by atoms with Crippen molar-refractivity contribution in [2.45, 2.75) is 40.2 Å². The fourth-order valence-corrected chi connectivity index (χ4v) is 2.66. The van der Waals surface area contributed by atoms with Gasteiger partial charge in [0.25, 0.3) is 0 Å². The molecule has 4 nitrogen and oxygen atoms in total. The minimum absolute atomic E-state index is 0.857. The largest absolute Gasteiger partial charge is 0.313 e. The molecule has 0 atom stereocenters. The first-order valence-corrected chi connectivity index (χ1v) is 7.93. The SMILES string of the molecule is CCNCc1ccc(-n2nc(CC)nc2CC)c(Br)c1. The number of hydrogen-bond acceptors (Lipinski definition) is 3. The molecule has 0 saturated heterocycles. The molecule has 5 heteroatoms. The molecule has 0 aliphatic heterocycles. The molecule has 0 aliphatic rings. The molecule has 108 valence electrons. The second kappa shape index (κ2) is 6.99. The average molecular weight is 337 g/mol. The van der Waals surface area contributed by atoms with Gasteiger partial charge in [-0.2, -0.15) is 5.10 Å². The molecule has 0 unspecified atom stereocenters. The summed E-state index contributed by atoms with van der Waals surface area (Å²) in [4.78, 5) is 4.56. The van der Waals surface area contributed by atoms with Crippen LogP contribution < -0.4 is 5.32 Å². The quantitative estimate of drug-likeness (QED) is 0.880. The topological polar surface area (TPSA) is 42.7 Å². The highest BCUT2D eigenvalue weighted by Crippen LogP contribution is 2.23. The predicted molar refractivity (Wildman–Crippen MR) is 85.2 cm³/mol. The van der Waals surface area contributed by atoms with Gasteiger partial charge in [-0.3, -0.25) is 0 Å². The molecule has 0 bridgehead atoms. The fourth-order valence-electron chi connectivity index (χ4n) is 2.06. The summed E-state index contributed by atoms with van der Waals surface area (Å²) in [5.74, 6) is 1.90. The second-order valence-electron chi connectivity index (χ2n) is 4.63. The zero-order valence-electron chi connectivity index (χ0n) is 12.3. The van der Waals surface area contributed by atoms with Crippen LogP contribution in [-0.4, -0.2) is 21.3 Å². The summed E-state index contributed by atoms with van der Waals surface area (Å²) in [5.41, 5.74) is 2.31. The highest BCUT2D eigenvalue weighted by atomic mass is 79.9. The molecule has 2 aromatic rings. The summed E-state index contributed by atoms with van der Waals surface area (Å²) in [6.45, 7) is 8.15. The molecule has 1 aromatic carbocycles. The zero-order valence-corrected chi connectivity index (χ0v) is 13.9. The van der Waals surface area contributed by atoms with Crippen molar-refractivity contribution in [2.24, 2.45) is 0 Å². The van der Waals surface area contributed by atoms with Crippen molar-refractivity contribution in [1.82, 2.24) is 20.1 Å². The van der Waals surface area contributed by atoms with Gasteiger partial charge in [0, 0.05) is 23.9 Å². The van der Waals surface area contributed by atoms with Crippen molar-refractivity contribution < 1.29 is 0 Å². The van der Waals surface area contributed by atoms with Gasteiger partial charge >= 0.3 is 0 Å². The van der Waals surface area contributed by atoms with Crippen molar-refractivity contribution in [3.63, 3.8) is 0 Å². The minimum atomic E-state index is 0.857.